The third-order valence-corrected chi connectivity index (χ3v) is 5.76. The summed E-state index contributed by atoms with van der Waals surface area (Å²) in [6, 6.07) is 3.15. The average molecular weight is 397 g/mol. The van der Waals surface area contributed by atoms with Crippen LogP contribution in [-0.2, 0) is 19.6 Å². The van der Waals surface area contributed by atoms with Crippen molar-refractivity contribution in [3.8, 4) is 5.75 Å². The summed E-state index contributed by atoms with van der Waals surface area (Å²) in [4.78, 5) is 38.4. The average Bonchev–Trinajstić information content (AvgIpc) is 2.86. The van der Waals surface area contributed by atoms with Crippen molar-refractivity contribution in [3.05, 3.63) is 18.2 Å². The highest BCUT2D eigenvalue weighted by Gasteiger charge is 2.39. The van der Waals surface area contributed by atoms with Crippen molar-refractivity contribution < 1.29 is 27.5 Å². The van der Waals surface area contributed by atoms with E-state index in [1.165, 1.54) is 44.1 Å². The lowest BCUT2D eigenvalue weighted by Gasteiger charge is -2.22. The lowest BCUT2D eigenvalue weighted by atomic mass is 10.2. The van der Waals surface area contributed by atoms with Crippen molar-refractivity contribution >= 4 is 33.4 Å². The van der Waals surface area contributed by atoms with Gasteiger partial charge in [0.15, 0.2) is 5.78 Å². The van der Waals surface area contributed by atoms with E-state index in [0.717, 1.165) is 9.21 Å². The maximum Gasteiger partial charge on any atom is 0.332 e. The molecule has 2 rings (SSSR count). The van der Waals surface area contributed by atoms with E-state index in [4.69, 9.17) is 4.74 Å². The number of sulfonamides is 1. The van der Waals surface area contributed by atoms with Gasteiger partial charge in [0.1, 0.15) is 18.9 Å². The summed E-state index contributed by atoms with van der Waals surface area (Å²) in [5.74, 6) is -0.591. The smallest absolute Gasteiger partial charge is 0.332 e. The number of nitrogens with zero attached hydrogens (tertiary/aromatic N) is 3. The number of benzene rings is 1. The van der Waals surface area contributed by atoms with Crippen LogP contribution < -0.4 is 9.64 Å². The Morgan fingerprint density at radius 3 is 2.37 bits per heavy atom. The summed E-state index contributed by atoms with van der Waals surface area (Å²) in [6.45, 7) is 4.29. The fourth-order valence-corrected chi connectivity index (χ4v) is 3.51. The van der Waals surface area contributed by atoms with Crippen molar-refractivity contribution in [1.82, 2.24) is 9.21 Å². The van der Waals surface area contributed by atoms with Gasteiger partial charge in [-0.25, -0.2) is 17.5 Å². The maximum atomic E-state index is 12.6. The molecule has 0 spiro atoms. The van der Waals surface area contributed by atoms with Crippen LogP contribution in [0, 0.1) is 0 Å². The number of anilines is 1. The molecule has 0 bridgehead atoms. The fraction of sp³-hybridized carbons (Fsp3) is 0.471. The molecule has 0 aliphatic carbocycles. The van der Waals surface area contributed by atoms with Crippen LogP contribution in [0.2, 0.25) is 0 Å². The molecule has 1 aromatic carbocycles. The second-order valence-corrected chi connectivity index (χ2v) is 8.79. The molecule has 0 saturated carbocycles. The van der Waals surface area contributed by atoms with Gasteiger partial charge in [0.25, 0.3) is 5.91 Å². The van der Waals surface area contributed by atoms with E-state index in [2.05, 4.69) is 0 Å². The van der Waals surface area contributed by atoms with Gasteiger partial charge in [0.05, 0.1) is 10.6 Å². The van der Waals surface area contributed by atoms with Crippen LogP contribution in [0.5, 0.6) is 5.75 Å². The predicted molar refractivity (Wildman–Crippen MR) is 98.2 cm³/mol. The Hall–Kier alpha value is -2.46. The highest BCUT2D eigenvalue weighted by Crippen LogP contribution is 2.34. The first kappa shape index (κ1) is 20.8. The van der Waals surface area contributed by atoms with Gasteiger partial charge in [0, 0.05) is 26.2 Å². The molecule has 0 N–H and O–H groups in total. The predicted octanol–water partition coefficient (Wildman–Crippen LogP) is 1.08. The first-order valence-electron chi connectivity index (χ1n) is 8.29. The quantitative estimate of drug-likeness (QED) is 0.638. The summed E-state index contributed by atoms with van der Waals surface area (Å²) >= 11 is 0. The van der Waals surface area contributed by atoms with Crippen molar-refractivity contribution in [2.45, 2.75) is 31.7 Å². The molecule has 1 fully saturated rings. The molecule has 0 atom stereocenters. The van der Waals surface area contributed by atoms with Gasteiger partial charge in [-0.15, -0.1) is 0 Å². The number of carbonyl (C=O) groups is 3. The molecule has 9 nitrogen and oxygen atoms in total. The normalized spacial score (nSPS) is 15.2. The Morgan fingerprint density at radius 2 is 1.89 bits per heavy atom. The zero-order valence-electron chi connectivity index (χ0n) is 15.9. The molecule has 1 saturated heterocycles. The Labute approximate surface area is 158 Å². The van der Waals surface area contributed by atoms with E-state index in [0.29, 0.717) is 0 Å². The third kappa shape index (κ3) is 4.11. The van der Waals surface area contributed by atoms with Crippen molar-refractivity contribution in [2.75, 3.05) is 32.1 Å². The number of carbonyl (C=O) groups excluding carboxylic acids is 3. The largest absolute Gasteiger partial charge is 0.484 e. The Bertz CT molecular complexity index is 879. The minimum absolute atomic E-state index is 0.0416. The van der Waals surface area contributed by atoms with Crippen LogP contribution in [-0.4, -0.2) is 68.6 Å². The van der Waals surface area contributed by atoms with Crippen LogP contribution in [0.25, 0.3) is 0 Å². The number of hydrogen-bond acceptors (Lipinski definition) is 6. The Kier molecular flexibility index (Phi) is 5.91. The summed E-state index contributed by atoms with van der Waals surface area (Å²) < 4.78 is 31.2. The van der Waals surface area contributed by atoms with Crippen molar-refractivity contribution in [2.24, 2.45) is 0 Å². The van der Waals surface area contributed by atoms with Crippen LogP contribution >= 0.6 is 0 Å². The summed E-state index contributed by atoms with van der Waals surface area (Å²) in [5, 5.41) is 0. The molecule has 1 aliphatic rings. The van der Waals surface area contributed by atoms with Crippen LogP contribution in [0.1, 0.15) is 20.8 Å². The van der Waals surface area contributed by atoms with Gasteiger partial charge in [0.2, 0.25) is 10.0 Å². The SMILES string of the molecule is CC(=O)COc1cc(S(=O)(=O)N(C)C)ccc1N1CC(=O)N(C(C)C)C1=O. The van der Waals surface area contributed by atoms with Crippen LogP contribution in [0.15, 0.2) is 23.1 Å². The molecule has 148 valence electrons. The third-order valence-electron chi connectivity index (χ3n) is 3.95. The molecule has 0 aromatic heterocycles. The second-order valence-electron chi connectivity index (χ2n) is 6.63. The number of ether oxygens (including phenoxy) is 1. The highest BCUT2D eigenvalue weighted by atomic mass is 32.2. The molecule has 27 heavy (non-hydrogen) atoms. The Morgan fingerprint density at radius 1 is 1.26 bits per heavy atom. The molecular formula is C17H23N3O6S. The van der Waals surface area contributed by atoms with Crippen LogP contribution in [0.4, 0.5) is 10.5 Å². The number of hydrogen-bond donors (Lipinski definition) is 0. The maximum absolute atomic E-state index is 12.6. The first-order valence-corrected chi connectivity index (χ1v) is 9.73. The molecule has 10 heteroatoms. The number of imide groups is 1. The van der Waals surface area contributed by atoms with E-state index in [1.807, 2.05) is 0 Å². The van der Waals surface area contributed by atoms with Gasteiger partial charge in [-0.05, 0) is 32.9 Å². The van der Waals surface area contributed by atoms with Gasteiger partial charge in [-0.3, -0.25) is 19.4 Å². The number of urea groups is 1. The summed E-state index contributed by atoms with van der Waals surface area (Å²) in [6.07, 6.45) is 0. The van der Waals surface area contributed by atoms with E-state index in [-0.39, 0.29) is 47.2 Å². The monoisotopic (exact) mass is 397 g/mol. The number of Topliss-reactive ketones (excluding diaryl/α,β-unsaturated/α-hetero) is 1. The Balaban J connectivity index is 2.51. The fourth-order valence-electron chi connectivity index (χ4n) is 2.60. The summed E-state index contributed by atoms with van der Waals surface area (Å²) in [5.41, 5.74) is 0.232. The van der Waals surface area contributed by atoms with Crippen molar-refractivity contribution in [1.29, 1.82) is 0 Å². The zero-order valence-corrected chi connectivity index (χ0v) is 16.7. The number of amides is 3. The molecular weight excluding hydrogens is 374 g/mol. The zero-order chi connectivity index (χ0) is 20.5. The molecule has 0 unspecified atom stereocenters. The number of rotatable bonds is 7. The molecule has 1 aromatic rings. The van der Waals surface area contributed by atoms with Gasteiger partial charge in [-0.1, -0.05) is 0 Å². The lowest BCUT2D eigenvalue weighted by Crippen LogP contribution is -2.38. The van der Waals surface area contributed by atoms with Crippen molar-refractivity contribution in [3.63, 3.8) is 0 Å². The van der Waals surface area contributed by atoms with Crippen LogP contribution in [0.3, 0.4) is 0 Å². The molecule has 1 aliphatic heterocycles. The van der Waals surface area contributed by atoms with E-state index >= 15 is 0 Å². The topological polar surface area (TPSA) is 104 Å². The van der Waals surface area contributed by atoms with Gasteiger partial charge >= 0.3 is 6.03 Å². The molecule has 0 radical (unpaired) electrons. The second kappa shape index (κ2) is 7.65. The van der Waals surface area contributed by atoms with E-state index < -0.39 is 16.1 Å². The molecule has 3 amide bonds. The van der Waals surface area contributed by atoms with E-state index in [1.54, 1.807) is 13.8 Å². The first-order chi connectivity index (χ1) is 12.5. The lowest BCUT2D eigenvalue weighted by molar-refractivity contribution is -0.126. The number of ketones is 1. The van der Waals surface area contributed by atoms with Gasteiger partial charge < -0.3 is 4.74 Å². The van der Waals surface area contributed by atoms with E-state index in [9.17, 15) is 22.8 Å². The summed E-state index contributed by atoms with van der Waals surface area (Å²) in [7, 11) is -0.956. The molecule has 1 heterocycles. The minimum Gasteiger partial charge on any atom is -0.484 e. The minimum atomic E-state index is -3.74. The standard InChI is InChI=1S/C17H23N3O6S/c1-11(2)20-16(22)9-19(17(20)23)14-7-6-13(27(24,25)18(4)5)8-15(14)26-10-12(3)21/h6-8,11H,9-10H2,1-5H3. The van der Waals surface area contributed by atoms with Gasteiger partial charge in [-0.2, -0.15) is 0 Å². The highest BCUT2D eigenvalue weighted by molar-refractivity contribution is 7.89.